The fourth-order valence-electron chi connectivity index (χ4n) is 2.79. The number of aliphatic hydroxyl groups is 1. The summed E-state index contributed by atoms with van der Waals surface area (Å²) in [6.07, 6.45) is 7.83. The molecule has 20 heavy (non-hydrogen) atoms. The summed E-state index contributed by atoms with van der Waals surface area (Å²) < 4.78 is 0.465. The maximum absolute atomic E-state index is 11.9. The van der Waals surface area contributed by atoms with Gasteiger partial charge in [0.25, 0.3) is 5.91 Å². The van der Waals surface area contributed by atoms with Crippen LogP contribution in [0.25, 0.3) is 0 Å². The highest BCUT2D eigenvalue weighted by Gasteiger charge is 2.22. The molecule has 0 saturated heterocycles. The molecule has 2 atom stereocenters. The Kier molecular flexibility index (Phi) is 5.73. The van der Waals surface area contributed by atoms with E-state index in [9.17, 15) is 9.90 Å². The first-order chi connectivity index (χ1) is 9.68. The number of rotatable bonds is 5. The molecule has 110 valence electrons. The van der Waals surface area contributed by atoms with Crippen molar-refractivity contribution in [1.29, 1.82) is 0 Å². The largest absolute Gasteiger partial charge is 0.393 e. The van der Waals surface area contributed by atoms with Crippen molar-refractivity contribution < 1.29 is 9.90 Å². The molecule has 2 rings (SSSR count). The molecular weight excluding hydrogens is 272 g/mol. The lowest BCUT2D eigenvalue weighted by Gasteiger charge is -2.27. The molecule has 1 aliphatic rings. The van der Waals surface area contributed by atoms with Crippen LogP contribution >= 0.6 is 12.2 Å². The molecule has 1 aliphatic carbocycles. The minimum Gasteiger partial charge on any atom is -0.393 e. The van der Waals surface area contributed by atoms with Gasteiger partial charge in [0.05, 0.1) is 11.7 Å². The summed E-state index contributed by atoms with van der Waals surface area (Å²) in [7, 11) is 0. The van der Waals surface area contributed by atoms with Gasteiger partial charge in [-0.1, -0.05) is 25.1 Å². The summed E-state index contributed by atoms with van der Waals surface area (Å²) in [5, 5.41) is 12.8. The first-order valence-corrected chi connectivity index (χ1v) is 7.73. The van der Waals surface area contributed by atoms with Crippen LogP contribution < -0.4 is 5.32 Å². The molecule has 0 bridgehead atoms. The predicted octanol–water partition coefficient (Wildman–Crippen LogP) is 2.81. The molecule has 0 radical (unpaired) electrons. The molecular formula is C15H22N2O2S. The van der Waals surface area contributed by atoms with Gasteiger partial charge in [-0.25, -0.2) is 0 Å². The van der Waals surface area contributed by atoms with E-state index in [4.69, 9.17) is 12.2 Å². The zero-order chi connectivity index (χ0) is 14.4. The second kappa shape index (κ2) is 7.55. The third kappa shape index (κ3) is 4.15. The maximum atomic E-state index is 11.9. The van der Waals surface area contributed by atoms with E-state index in [0.717, 1.165) is 32.1 Å². The highest BCUT2D eigenvalue weighted by molar-refractivity contribution is 7.71. The Balaban J connectivity index is 1.72. The number of amides is 1. The smallest absolute Gasteiger partial charge is 0.254 e. The first kappa shape index (κ1) is 15.2. The number of aliphatic hydroxyl groups excluding tert-OH is 1. The normalized spacial score (nSPS) is 22.4. The van der Waals surface area contributed by atoms with Crippen LogP contribution in [0.3, 0.4) is 0 Å². The lowest BCUT2D eigenvalue weighted by molar-refractivity contribution is 0.0641. The van der Waals surface area contributed by atoms with Crippen LogP contribution in [-0.4, -0.2) is 28.6 Å². The zero-order valence-corrected chi connectivity index (χ0v) is 12.4. The summed E-state index contributed by atoms with van der Waals surface area (Å²) in [5.41, 5.74) is 0.514. The van der Waals surface area contributed by atoms with E-state index < -0.39 is 0 Å². The number of pyridine rings is 1. The van der Waals surface area contributed by atoms with Crippen molar-refractivity contribution >= 4 is 18.1 Å². The van der Waals surface area contributed by atoms with E-state index >= 15 is 0 Å². The van der Waals surface area contributed by atoms with E-state index in [1.807, 2.05) is 0 Å². The van der Waals surface area contributed by atoms with Crippen LogP contribution in [0.15, 0.2) is 18.3 Å². The molecule has 1 saturated carbocycles. The molecule has 0 spiro atoms. The number of aromatic amines is 1. The average molecular weight is 294 g/mol. The van der Waals surface area contributed by atoms with E-state index in [1.165, 1.54) is 6.42 Å². The number of carbonyl (C=O) groups excluding carboxylic acids is 1. The van der Waals surface area contributed by atoms with E-state index in [1.54, 1.807) is 18.3 Å². The molecule has 0 aliphatic heterocycles. The van der Waals surface area contributed by atoms with E-state index in [2.05, 4.69) is 10.3 Å². The molecule has 1 aromatic rings. The molecule has 1 heterocycles. The fraction of sp³-hybridized carbons (Fsp3) is 0.600. The second-order valence-corrected chi connectivity index (χ2v) is 5.83. The maximum Gasteiger partial charge on any atom is 0.254 e. The fourth-order valence-corrected chi connectivity index (χ4v) is 3.02. The first-order valence-electron chi connectivity index (χ1n) is 7.32. The lowest BCUT2D eigenvalue weighted by Crippen LogP contribution is -2.28. The van der Waals surface area contributed by atoms with Gasteiger partial charge in [-0.15, -0.1) is 0 Å². The third-order valence-corrected chi connectivity index (χ3v) is 4.31. The van der Waals surface area contributed by atoms with Crippen molar-refractivity contribution in [2.45, 2.75) is 44.6 Å². The minimum absolute atomic E-state index is 0.129. The Hall–Kier alpha value is -1.20. The van der Waals surface area contributed by atoms with Gasteiger partial charge in [-0.2, -0.15) is 0 Å². The Labute approximate surface area is 124 Å². The van der Waals surface area contributed by atoms with Crippen molar-refractivity contribution in [3.05, 3.63) is 28.5 Å². The molecule has 1 fully saturated rings. The molecule has 1 aromatic heterocycles. The highest BCUT2D eigenvalue weighted by atomic mass is 32.1. The Morgan fingerprint density at radius 3 is 3.00 bits per heavy atom. The topological polar surface area (TPSA) is 65.1 Å². The summed E-state index contributed by atoms with van der Waals surface area (Å²) in [6.45, 7) is 0.631. The van der Waals surface area contributed by atoms with Gasteiger partial charge in [0.15, 0.2) is 0 Å². The SMILES string of the molecule is O=C(NCCC[C@@H]1CCCC[C@H]1O)c1ccc[nH]c1=S. The van der Waals surface area contributed by atoms with E-state index in [0.29, 0.717) is 22.7 Å². The van der Waals surface area contributed by atoms with Gasteiger partial charge < -0.3 is 15.4 Å². The van der Waals surface area contributed by atoms with Gasteiger partial charge >= 0.3 is 0 Å². The zero-order valence-electron chi connectivity index (χ0n) is 11.6. The number of nitrogens with one attached hydrogen (secondary N) is 2. The summed E-state index contributed by atoms with van der Waals surface area (Å²) in [6, 6.07) is 3.49. The summed E-state index contributed by atoms with van der Waals surface area (Å²) >= 11 is 5.08. The minimum atomic E-state index is -0.151. The number of hydrogen-bond acceptors (Lipinski definition) is 3. The average Bonchev–Trinajstić information content (AvgIpc) is 2.45. The monoisotopic (exact) mass is 294 g/mol. The molecule has 3 N–H and O–H groups in total. The van der Waals surface area contributed by atoms with Gasteiger partial charge in [0.1, 0.15) is 4.64 Å². The van der Waals surface area contributed by atoms with Crippen molar-refractivity contribution in [2.24, 2.45) is 5.92 Å². The van der Waals surface area contributed by atoms with Crippen molar-refractivity contribution in [3.63, 3.8) is 0 Å². The van der Waals surface area contributed by atoms with E-state index in [-0.39, 0.29) is 12.0 Å². The van der Waals surface area contributed by atoms with Crippen molar-refractivity contribution in [3.8, 4) is 0 Å². The summed E-state index contributed by atoms with van der Waals surface area (Å²) in [5.74, 6) is 0.274. The third-order valence-electron chi connectivity index (χ3n) is 3.97. The molecule has 0 aromatic carbocycles. The molecule has 5 heteroatoms. The number of H-pyrrole nitrogens is 1. The number of aromatic nitrogens is 1. The van der Waals surface area contributed by atoms with Gasteiger partial charge in [0.2, 0.25) is 0 Å². The standard InChI is InChI=1S/C15H22N2O2S/c18-13-8-2-1-5-11(13)6-3-9-16-14(19)12-7-4-10-17-15(12)20/h4,7,10-11,13,18H,1-3,5-6,8-9H2,(H,16,19)(H,17,20)/t11-,13+/m0/s1. The predicted molar refractivity (Wildman–Crippen MR) is 81.2 cm³/mol. The lowest BCUT2D eigenvalue weighted by atomic mass is 9.83. The van der Waals surface area contributed by atoms with Crippen LogP contribution in [0.1, 0.15) is 48.9 Å². The molecule has 1 amide bonds. The number of carbonyl (C=O) groups is 1. The van der Waals surface area contributed by atoms with Crippen LogP contribution in [0.5, 0.6) is 0 Å². The van der Waals surface area contributed by atoms with Crippen LogP contribution in [0.4, 0.5) is 0 Å². The van der Waals surface area contributed by atoms with Crippen LogP contribution in [0.2, 0.25) is 0 Å². The summed E-state index contributed by atoms with van der Waals surface area (Å²) in [4.78, 5) is 14.8. The van der Waals surface area contributed by atoms with Crippen molar-refractivity contribution in [1.82, 2.24) is 10.3 Å². The van der Waals surface area contributed by atoms with Crippen molar-refractivity contribution in [2.75, 3.05) is 6.54 Å². The highest BCUT2D eigenvalue weighted by Crippen LogP contribution is 2.27. The Morgan fingerprint density at radius 2 is 2.25 bits per heavy atom. The van der Waals surface area contributed by atoms with Gasteiger partial charge in [0, 0.05) is 12.7 Å². The second-order valence-electron chi connectivity index (χ2n) is 5.42. The van der Waals surface area contributed by atoms with Crippen LogP contribution in [-0.2, 0) is 0 Å². The number of hydrogen-bond donors (Lipinski definition) is 3. The Morgan fingerprint density at radius 1 is 1.45 bits per heavy atom. The molecule has 4 nitrogen and oxygen atoms in total. The Bertz CT molecular complexity index is 501. The van der Waals surface area contributed by atoms with Crippen LogP contribution in [0, 0.1) is 10.6 Å². The van der Waals surface area contributed by atoms with Gasteiger partial charge in [-0.3, -0.25) is 4.79 Å². The molecule has 0 unspecified atom stereocenters. The van der Waals surface area contributed by atoms with Gasteiger partial charge in [-0.05, 0) is 43.7 Å². The quantitative estimate of drug-likeness (QED) is 0.578.